The highest BCUT2D eigenvalue weighted by Crippen LogP contribution is 2.35. The predicted octanol–water partition coefficient (Wildman–Crippen LogP) is 0.495. The van der Waals surface area contributed by atoms with Crippen LogP contribution in [0.3, 0.4) is 0 Å². The first kappa shape index (κ1) is 13.0. The molecule has 0 radical (unpaired) electrons. The molecule has 2 rings (SSSR count). The molecule has 0 saturated carbocycles. The van der Waals surface area contributed by atoms with Crippen molar-refractivity contribution in [1.82, 2.24) is 9.55 Å². The number of aromatic amines is 1. The highest BCUT2D eigenvalue weighted by atomic mass is 16.6. The topological polar surface area (TPSA) is 73.3 Å². The van der Waals surface area contributed by atoms with Crippen LogP contribution in [-0.2, 0) is 9.47 Å². The normalized spacial score (nSPS) is 31.7. The lowest BCUT2D eigenvalue weighted by molar-refractivity contribution is -0.0530. The number of nitrogens with zero attached hydrogens (tertiary/aromatic N) is 1. The predicted molar refractivity (Wildman–Crippen MR) is 65.5 cm³/mol. The van der Waals surface area contributed by atoms with Crippen molar-refractivity contribution in [3.63, 3.8) is 0 Å². The van der Waals surface area contributed by atoms with Crippen molar-refractivity contribution < 1.29 is 9.47 Å². The fourth-order valence-electron chi connectivity index (χ4n) is 2.50. The van der Waals surface area contributed by atoms with E-state index in [2.05, 4.69) is 4.98 Å². The van der Waals surface area contributed by atoms with Crippen molar-refractivity contribution in [1.29, 1.82) is 0 Å². The van der Waals surface area contributed by atoms with Gasteiger partial charge in [0.2, 0.25) is 0 Å². The molecule has 4 atom stereocenters. The van der Waals surface area contributed by atoms with Gasteiger partial charge < -0.3 is 9.47 Å². The van der Waals surface area contributed by atoms with E-state index >= 15 is 0 Å². The Balaban J connectivity index is 2.38. The smallest absolute Gasteiger partial charge is 0.330 e. The van der Waals surface area contributed by atoms with Crippen LogP contribution in [0.4, 0.5) is 0 Å². The summed E-state index contributed by atoms with van der Waals surface area (Å²) in [5.74, 6) is 0.198. The van der Waals surface area contributed by atoms with Crippen LogP contribution in [-0.4, -0.2) is 28.9 Å². The van der Waals surface area contributed by atoms with Crippen LogP contribution in [0.1, 0.15) is 26.5 Å². The number of hydrogen-bond acceptors (Lipinski definition) is 4. The van der Waals surface area contributed by atoms with Gasteiger partial charge in [0.25, 0.3) is 5.56 Å². The average Bonchev–Trinajstić information content (AvgIpc) is 2.65. The molecule has 0 aliphatic carbocycles. The molecule has 0 amide bonds. The van der Waals surface area contributed by atoms with E-state index in [1.54, 1.807) is 7.11 Å². The molecule has 0 aromatic carbocycles. The van der Waals surface area contributed by atoms with Gasteiger partial charge in [-0.15, -0.1) is 0 Å². The third kappa shape index (κ3) is 2.13. The maximum Gasteiger partial charge on any atom is 0.330 e. The number of rotatable bonds is 3. The monoisotopic (exact) mass is 254 g/mol. The zero-order chi connectivity index (χ0) is 13.3. The van der Waals surface area contributed by atoms with Crippen LogP contribution in [0.5, 0.6) is 0 Å². The second-order valence-electron chi connectivity index (χ2n) is 4.55. The van der Waals surface area contributed by atoms with Crippen molar-refractivity contribution in [3.8, 4) is 0 Å². The van der Waals surface area contributed by atoms with Gasteiger partial charge in [-0.25, -0.2) is 4.79 Å². The van der Waals surface area contributed by atoms with E-state index in [1.165, 1.54) is 16.8 Å². The molecule has 1 saturated heterocycles. The molecule has 100 valence electrons. The van der Waals surface area contributed by atoms with Gasteiger partial charge in [-0.2, -0.15) is 0 Å². The molecule has 1 aromatic rings. The summed E-state index contributed by atoms with van der Waals surface area (Å²) < 4.78 is 12.7. The maximum absolute atomic E-state index is 11.8. The Labute approximate surface area is 105 Å². The van der Waals surface area contributed by atoms with E-state index in [4.69, 9.17) is 9.47 Å². The van der Waals surface area contributed by atoms with Crippen LogP contribution in [0.2, 0.25) is 0 Å². The molecular formula is C12H18N2O4. The molecule has 1 aromatic heterocycles. The Kier molecular flexibility index (Phi) is 3.68. The molecular weight excluding hydrogens is 236 g/mol. The Morgan fingerprint density at radius 3 is 2.78 bits per heavy atom. The SMILES string of the molecule is CC[C@H]1O[C@@H](n2ccc(=O)[nH]c2=O)[C@@H](OC)[C@@H]1C. The number of H-pyrrole nitrogens is 1. The minimum absolute atomic E-state index is 0.0544. The van der Waals surface area contributed by atoms with Crippen LogP contribution in [0.25, 0.3) is 0 Å². The number of hydrogen-bond donors (Lipinski definition) is 1. The van der Waals surface area contributed by atoms with Gasteiger partial charge in [0.15, 0.2) is 6.23 Å². The first-order valence-electron chi connectivity index (χ1n) is 6.08. The number of methoxy groups -OCH3 is 1. The van der Waals surface area contributed by atoms with Crippen molar-refractivity contribution in [2.24, 2.45) is 5.92 Å². The quantitative estimate of drug-likeness (QED) is 0.852. The molecule has 1 aliphatic heterocycles. The summed E-state index contributed by atoms with van der Waals surface area (Å²) in [5, 5.41) is 0. The molecule has 1 N–H and O–H groups in total. The van der Waals surface area contributed by atoms with E-state index in [0.29, 0.717) is 0 Å². The van der Waals surface area contributed by atoms with Crippen LogP contribution >= 0.6 is 0 Å². The second kappa shape index (κ2) is 5.07. The summed E-state index contributed by atoms with van der Waals surface area (Å²) in [4.78, 5) is 25.0. The molecule has 0 bridgehead atoms. The summed E-state index contributed by atoms with van der Waals surface area (Å²) in [6.45, 7) is 4.07. The maximum atomic E-state index is 11.8. The Morgan fingerprint density at radius 1 is 1.50 bits per heavy atom. The average molecular weight is 254 g/mol. The van der Waals surface area contributed by atoms with Crippen LogP contribution < -0.4 is 11.2 Å². The standard InChI is InChI=1S/C12H18N2O4/c1-4-8-7(2)10(17-3)11(18-8)14-6-5-9(15)13-12(14)16/h5-8,10-11H,4H2,1-3H3,(H,13,15,16)/t7-,8-,10+,11-/m1/s1. The van der Waals surface area contributed by atoms with Gasteiger partial charge in [0, 0.05) is 25.3 Å². The zero-order valence-corrected chi connectivity index (χ0v) is 10.8. The van der Waals surface area contributed by atoms with Gasteiger partial charge in [0.1, 0.15) is 6.10 Å². The highest BCUT2D eigenvalue weighted by molar-refractivity contribution is 4.91. The van der Waals surface area contributed by atoms with E-state index < -0.39 is 17.5 Å². The van der Waals surface area contributed by atoms with Crippen LogP contribution in [0, 0.1) is 5.92 Å². The summed E-state index contributed by atoms with van der Waals surface area (Å²) >= 11 is 0. The van der Waals surface area contributed by atoms with Gasteiger partial charge in [-0.3, -0.25) is 14.3 Å². The van der Waals surface area contributed by atoms with Crippen molar-refractivity contribution >= 4 is 0 Å². The number of nitrogens with one attached hydrogen (secondary N) is 1. The van der Waals surface area contributed by atoms with Gasteiger partial charge in [-0.1, -0.05) is 13.8 Å². The van der Waals surface area contributed by atoms with Crippen molar-refractivity contribution in [3.05, 3.63) is 33.1 Å². The minimum atomic E-state index is -0.487. The lowest BCUT2D eigenvalue weighted by atomic mass is 9.98. The molecule has 6 nitrogen and oxygen atoms in total. The molecule has 2 heterocycles. The lowest BCUT2D eigenvalue weighted by Crippen LogP contribution is -2.36. The Morgan fingerprint density at radius 2 is 2.22 bits per heavy atom. The molecule has 1 fully saturated rings. The van der Waals surface area contributed by atoms with E-state index in [1.807, 2.05) is 13.8 Å². The minimum Gasteiger partial charge on any atom is -0.376 e. The largest absolute Gasteiger partial charge is 0.376 e. The first-order valence-corrected chi connectivity index (χ1v) is 6.08. The molecule has 0 spiro atoms. The second-order valence-corrected chi connectivity index (χ2v) is 4.55. The third-order valence-corrected chi connectivity index (χ3v) is 3.50. The highest BCUT2D eigenvalue weighted by Gasteiger charge is 2.42. The molecule has 6 heteroatoms. The molecule has 1 aliphatic rings. The summed E-state index contributed by atoms with van der Waals surface area (Å²) in [6.07, 6.45) is 1.68. The fourth-order valence-corrected chi connectivity index (χ4v) is 2.50. The van der Waals surface area contributed by atoms with Crippen molar-refractivity contribution in [2.45, 2.75) is 38.7 Å². The lowest BCUT2D eigenvalue weighted by Gasteiger charge is -2.20. The Bertz CT molecular complexity index is 521. The number of aromatic nitrogens is 2. The molecule has 0 unspecified atom stereocenters. The Hall–Kier alpha value is -1.40. The van der Waals surface area contributed by atoms with Crippen molar-refractivity contribution in [2.75, 3.05) is 7.11 Å². The van der Waals surface area contributed by atoms with E-state index in [0.717, 1.165) is 6.42 Å². The van der Waals surface area contributed by atoms with Gasteiger partial charge in [-0.05, 0) is 6.42 Å². The zero-order valence-electron chi connectivity index (χ0n) is 10.8. The van der Waals surface area contributed by atoms with E-state index in [-0.39, 0.29) is 18.1 Å². The fraction of sp³-hybridized carbons (Fsp3) is 0.667. The third-order valence-electron chi connectivity index (χ3n) is 3.50. The van der Waals surface area contributed by atoms with Gasteiger partial charge >= 0.3 is 5.69 Å². The summed E-state index contributed by atoms with van der Waals surface area (Å²) in [7, 11) is 1.60. The van der Waals surface area contributed by atoms with Crippen LogP contribution in [0.15, 0.2) is 21.9 Å². The number of ether oxygens (including phenoxy) is 2. The summed E-state index contributed by atoms with van der Waals surface area (Å²) in [5.41, 5.74) is -0.887. The summed E-state index contributed by atoms with van der Waals surface area (Å²) in [6, 6.07) is 1.31. The first-order chi connectivity index (χ1) is 8.58. The van der Waals surface area contributed by atoms with Gasteiger partial charge in [0.05, 0.1) is 6.10 Å². The molecule has 18 heavy (non-hydrogen) atoms. The van der Waals surface area contributed by atoms with E-state index in [9.17, 15) is 9.59 Å².